The van der Waals surface area contributed by atoms with Crippen molar-refractivity contribution in [2.75, 3.05) is 0 Å². The third-order valence-corrected chi connectivity index (χ3v) is 6.57. The van der Waals surface area contributed by atoms with Gasteiger partial charge < -0.3 is 5.11 Å². The molecule has 1 heteroatoms. The van der Waals surface area contributed by atoms with E-state index in [1.165, 1.54) is 25.7 Å². The van der Waals surface area contributed by atoms with Crippen LogP contribution in [0, 0.1) is 35.0 Å². The van der Waals surface area contributed by atoms with Crippen LogP contribution in [0.2, 0.25) is 0 Å². The zero-order valence-electron chi connectivity index (χ0n) is 14.1. The van der Waals surface area contributed by atoms with E-state index in [2.05, 4.69) is 46.8 Å². The summed E-state index contributed by atoms with van der Waals surface area (Å²) >= 11 is 0. The molecule has 0 aromatic rings. The summed E-state index contributed by atoms with van der Waals surface area (Å²) in [5.41, 5.74) is 0.377. The highest BCUT2D eigenvalue weighted by atomic mass is 16.3. The molecule has 2 rings (SSSR count). The van der Waals surface area contributed by atoms with E-state index in [1.807, 2.05) is 0 Å². The zero-order chi connectivity index (χ0) is 14.9. The van der Waals surface area contributed by atoms with Crippen molar-refractivity contribution in [1.29, 1.82) is 0 Å². The van der Waals surface area contributed by atoms with E-state index in [1.54, 1.807) is 0 Å². The van der Waals surface area contributed by atoms with Crippen LogP contribution in [-0.4, -0.2) is 11.2 Å². The predicted octanol–water partition coefficient (Wildman–Crippen LogP) is 5.05. The van der Waals surface area contributed by atoms with Crippen molar-refractivity contribution >= 4 is 0 Å². The normalized spacial score (nSPS) is 41.0. The number of aliphatic hydroxyl groups is 1. The molecular formula is C19H34O. The van der Waals surface area contributed by atoms with Gasteiger partial charge in [-0.15, -0.1) is 0 Å². The summed E-state index contributed by atoms with van der Waals surface area (Å²) in [4.78, 5) is 0. The molecule has 116 valence electrons. The lowest BCUT2D eigenvalue weighted by Gasteiger charge is -2.44. The molecule has 0 aliphatic heterocycles. The van der Waals surface area contributed by atoms with Gasteiger partial charge in [-0.2, -0.15) is 0 Å². The van der Waals surface area contributed by atoms with Gasteiger partial charge in [-0.1, -0.05) is 53.2 Å². The monoisotopic (exact) mass is 278 g/mol. The van der Waals surface area contributed by atoms with E-state index in [9.17, 15) is 5.11 Å². The molecule has 0 spiro atoms. The quantitative estimate of drug-likeness (QED) is 0.714. The van der Waals surface area contributed by atoms with Gasteiger partial charge in [-0.25, -0.2) is 0 Å². The average molecular weight is 278 g/mol. The van der Waals surface area contributed by atoms with Gasteiger partial charge in [0.2, 0.25) is 0 Å². The Morgan fingerprint density at radius 3 is 2.40 bits per heavy atom. The third kappa shape index (κ3) is 2.98. The lowest BCUT2D eigenvalue weighted by Crippen LogP contribution is -2.41. The Hall–Kier alpha value is -0.300. The van der Waals surface area contributed by atoms with Crippen LogP contribution in [0.5, 0.6) is 0 Å². The molecule has 0 aromatic heterocycles. The second kappa shape index (κ2) is 6.22. The van der Waals surface area contributed by atoms with Crippen molar-refractivity contribution in [3.05, 3.63) is 12.2 Å². The molecule has 0 heterocycles. The fourth-order valence-corrected chi connectivity index (χ4v) is 4.76. The van der Waals surface area contributed by atoms with Crippen LogP contribution < -0.4 is 0 Å². The SMILES string of the molecule is CC(C)[C@@H](C)C=C[C@@H](C)C1CCC2[C@@H](O)CCC[C@]12C. The Balaban J connectivity index is 2.05. The van der Waals surface area contributed by atoms with Gasteiger partial charge in [-0.3, -0.25) is 0 Å². The number of hydrogen-bond donors (Lipinski definition) is 1. The Morgan fingerprint density at radius 1 is 1.05 bits per heavy atom. The molecule has 2 fully saturated rings. The number of hydrogen-bond acceptors (Lipinski definition) is 1. The summed E-state index contributed by atoms with van der Waals surface area (Å²) in [5.74, 6) is 3.36. The van der Waals surface area contributed by atoms with Crippen molar-refractivity contribution in [2.24, 2.45) is 35.0 Å². The minimum atomic E-state index is -0.0375. The molecule has 1 N–H and O–H groups in total. The summed E-state index contributed by atoms with van der Waals surface area (Å²) in [7, 11) is 0. The molecule has 0 aromatic carbocycles. The predicted molar refractivity (Wildman–Crippen MR) is 86.5 cm³/mol. The van der Waals surface area contributed by atoms with Crippen molar-refractivity contribution in [1.82, 2.24) is 0 Å². The molecule has 0 saturated heterocycles. The van der Waals surface area contributed by atoms with E-state index >= 15 is 0 Å². The van der Waals surface area contributed by atoms with Crippen molar-refractivity contribution in [3.8, 4) is 0 Å². The van der Waals surface area contributed by atoms with Crippen molar-refractivity contribution in [3.63, 3.8) is 0 Å². The molecule has 2 unspecified atom stereocenters. The molecule has 2 saturated carbocycles. The number of allylic oxidation sites excluding steroid dienone is 2. The summed E-state index contributed by atoms with van der Waals surface area (Å²) in [6.45, 7) is 11.8. The first-order valence-electron chi connectivity index (χ1n) is 8.72. The van der Waals surface area contributed by atoms with Crippen LogP contribution in [0.3, 0.4) is 0 Å². The number of aliphatic hydroxyl groups excluding tert-OH is 1. The topological polar surface area (TPSA) is 20.2 Å². The fraction of sp³-hybridized carbons (Fsp3) is 0.895. The first kappa shape index (κ1) is 16.1. The van der Waals surface area contributed by atoms with Crippen LogP contribution in [0.4, 0.5) is 0 Å². The Kier molecular flexibility index (Phi) is 5.00. The lowest BCUT2D eigenvalue weighted by molar-refractivity contribution is -0.0231. The maximum atomic E-state index is 10.3. The summed E-state index contributed by atoms with van der Waals surface area (Å²) < 4.78 is 0. The van der Waals surface area contributed by atoms with Crippen LogP contribution in [0.1, 0.15) is 66.7 Å². The Labute approximate surface area is 125 Å². The van der Waals surface area contributed by atoms with Gasteiger partial charge in [0, 0.05) is 0 Å². The third-order valence-electron chi connectivity index (χ3n) is 6.57. The second-order valence-electron chi connectivity index (χ2n) is 8.10. The van der Waals surface area contributed by atoms with E-state index in [0.717, 1.165) is 18.3 Å². The second-order valence-corrected chi connectivity index (χ2v) is 8.10. The maximum Gasteiger partial charge on any atom is 0.0573 e. The van der Waals surface area contributed by atoms with Gasteiger partial charge in [0.1, 0.15) is 0 Å². The average Bonchev–Trinajstić information content (AvgIpc) is 2.74. The Bertz CT molecular complexity index is 346. The van der Waals surface area contributed by atoms with Gasteiger partial charge in [0.05, 0.1) is 6.10 Å². The summed E-state index contributed by atoms with van der Waals surface area (Å²) in [6, 6.07) is 0. The molecule has 0 amide bonds. The minimum Gasteiger partial charge on any atom is -0.393 e. The van der Waals surface area contributed by atoms with Gasteiger partial charge in [0.25, 0.3) is 0 Å². The highest BCUT2D eigenvalue weighted by Gasteiger charge is 2.51. The van der Waals surface area contributed by atoms with Crippen molar-refractivity contribution < 1.29 is 5.11 Å². The van der Waals surface area contributed by atoms with E-state index in [0.29, 0.717) is 23.2 Å². The zero-order valence-corrected chi connectivity index (χ0v) is 14.1. The first-order chi connectivity index (χ1) is 9.36. The number of rotatable bonds is 4. The smallest absolute Gasteiger partial charge is 0.0573 e. The van der Waals surface area contributed by atoms with Gasteiger partial charge in [0.15, 0.2) is 0 Å². The summed E-state index contributed by atoms with van der Waals surface area (Å²) in [5, 5.41) is 10.3. The van der Waals surface area contributed by atoms with Crippen LogP contribution in [0.25, 0.3) is 0 Å². The highest BCUT2D eigenvalue weighted by Crippen LogP contribution is 2.57. The number of fused-ring (bicyclic) bond motifs is 1. The summed E-state index contributed by atoms with van der Waals surface area (Å²) in [6.07, 6.45) is 10.9. The molecule has 20 heavy (non-hydrogen) atoms. The van der Waals surface area contributed by atoms with Crippen molar-refractivity contribution in [2.45, 2.75) is 72.8 Å². The Morgan fingerprint density at radius 2 is 1.75 bits per heavy atom. The van der Waals surface area contributed by atoms with E-state index < -0.39 is 0 Å². The standard InChI is InChI=1S/C19H34O/c1-13(2)14(3)8-9-15(4)16-10-11-17-18(20)7-6-12-19(16,17)5/h8-9,13-18,20H,6-7,10-12H2,1-5H3/t14-,15+,16?,17?,18-,19+/m0/s1. The molecule has 6 atom stereocenters. The highest BCUT2D eigenvalue weighted by molar-refractivity contribution is 5.05. The molecular weight excluding hydrogens is 244 g/mol. The maximum absolute atomic E-state index is 10.3. The van der Waals surface area contributed by atoms with Gasteiger partial charge >= 0.3 is 0 Å². The molecule has 2 aliphatic rings. The molecule has 0 bridgehead atoms. The van der Waals surface area contributed by atoms with E-state index in [-0.39, 0.29) is 6.10 Å². The van der Waals surface area contributed by atoms with Crippen LogP contribution in [-0.2, 0) is 0 Å². The van der Waals surface area contributed by atoms with Gasteiger partial charge in [-0.05, 0) is 60.7 Å². The minimum absolute atomic E-state index is 0.0375. The fourth-order valence-electron chi connectivity index (χ4n) is 4.76. The van der Waals surface area contributed by atoms with Crippen LogP contribution >= 0.6 is 0 Å². The molecule has 0 radical (unpaired) electrons. The molecule has 2 aliphatic carbocycles. The molecule has 1 nitrogen and oxygen atoms in total. The first-order valence-corrected chi connectivity index (χ1v) is 8.72. The lowest BCUT2D eigenvalue weighted by atomic mass is 9.62. The van der Waals surface area contributed by atoms with E-state index in [4.69, 9.17) is 0 Å². The largest absolute Gasteiger partial charge is 0.393 e. The van der Waals surface area contributed by atoms with Crippen LogP contribution in [0.15, 0.2) is 12.2 Å².